The molecule has 1 aliphatic heterocycles. The maximum Gasteiger partial charge on any atom is 0.143 e. The lowest BCUT2D eigenvalue weighted by Crippen LogP contribution is -2.39. The van der Waals surface area contributed by atoms with Gasteiger partial charge in [-0.05, 0) is 61.4 Å². The van der Waals surface area contributed by atoms with E-state index in [-0.39, 0.29) is 0 Å². The second-order valence-electron chi connectivity index (χ2n) is 4.26. The quantitative estimate of drug-likeness (QED) is 0.830. The maximum absolute atomic E-state index is 4.26. The fraction of sp³-hybridized carbons (Fsp3) is 0.636. The highest BCUT2D eigenvalue weighted by Crippen LogP contribution is 2.20. The van der Waals surface area contributed by atoms with Crippen molar-refractivity contribution >= 4 is 28.4 Å². The van der Waals surface area contributed by atoms with Gasteiger partial charge in [-0.15, -0.1) is 0 Å². The molecule has 5 heteroatoms. The largest absolute Gasteiger partial charge is 0.366 e. The molecule has 0 saturated carbocycles. The first-order chi connectivity index (χ1) is 7.77. The number of anilines is 1. The van der Waals surface area contributed by atoms with E-state index in [4.69, 9.17) is 0 Å². The normalized spacial score (nSPS) is 22.8. The molecule has 2 N–H and O–H groups in total. The minimum atomic E-state index is 0.455. The molecule has 0 radical (unpaired) electrons. The molecule has 2 atom stereocenters. The lowest BCUT2D eigenvalue weighted by molar-refractivity contribution is 0.346. The highest BCUT2D eigenvalue weighted by molar-refractivity contribution is 14.1. The molecule has 0 amide bonds. The lowest BCUT2D eigenvalue weighted by atomic mass is 9.93. The van der Waals surface area contributed by atoms with E-state index in [0.29, 0.717) is 12.0 Å². The van der Waals surface area contributed by atoms with Crippen LogP contribution in [0.25, 0.3) is 0 Å². The van der Waals surface area contributed by atoms with E-state index in [9.17, 15) is 0 Å². The van der Waals surface area contributed by atoms with Crippen LogP contribution in [0.2, 0.25) is 0 Å². The molecule has 1 aliphatic rings. The van der Waals surface area contributed by atoms with Crippen LogP contribution in [0.3, 0.4) is 0 Å². The number of piperidine rings is 1. The minimum Gasteiger partial charge on any atom is -0.366 e. The summed E-state index contributed by atoms with van der Waals surface area (Å²) in [6.45, 7) is 4.50. The van der Waals surface area contributed by atoms with Gasteiger partial charge >= 0.3 is 0 Å². The predicted octanol–water partition coefficient (Wildman–Crippen LogP) is 1.88. The molecule has 88 valence electrons. The number of nitrogens with zero attached hydrogens (tertiary/aromatic N) is 2. The molecule has 1 fully saturated rings. The Kier molecular flexibility index (Phi) is 4.34. The van der Waals surface area contributed by atoms with Crippen molar-refractivity contribution in [2.24, 2.45) is 5.92 Å². The van der Waals surface area contributed by atoms with Gasteiger partial charge in [0.05, 0.1) is 3.57 Å². The van der Waals surface area contributed by atoms with Crippen LogP contribution in [-0.2, 0) is 0 Å². The number of hydrogen-bond acceptors (Lipinski definition) is 4. The van der Waals surface area contributed by atoms with Crippen LogP contribution in [0, 0.1) is 9.49 Å². The fourth-order valence-electron chi connectivity index (χ4n) is 2.06. The zero-order chi connectivity index (χ0) is 11.4. The Balaban J connectivity index is 1.96. The SMILES string of the molecule is CC(Nc1ncncc1I)C1CCCNC1. The highest BCUT2D eigenvalue weighted by Gasteiger charge is 2.20. The van der Waals surface area contributed by atoms with Crippen molar-refractivity contribution in [3.05, 3.63) is 16.1 Å². The molecule has 0 spiro atoms. The zero-order valence-corrected chi connectivity index (χ0v) is 11.6. The van der Waals surface area contributed by atoms with Crippen LogP contribution < -0.4 is 10.6 Å². The average molecular weight is 332 g/mol. The molecule has 1 saturated heterocycles. The van der Waals surface area contributed by atoms with Gasteiger partial charge in [-0.3, -0.25) is 0 Å². The molecule has 0 aromatic carbocycles. The first-order valence-electron chi connectivity index (χ1n) is 5.70. The Morgan fingerprint density at radius 3 is 3.19 bits per heavy atom. The summed E-state index contributed by atoms with van der Waals surface area (Å²) in [7, 11) is 0. The molecule has 16 heavy (non-hydrogen) atoms. The van der Waals surface area contributed by atoms with Crippen molar-refractivity contribution in [3.8, 4) is 0 Å². The Labute approximate surface area is 110 Å². The van der Waals surface area contributed by atoms with Crippen LogP contribution in [0.4, 0.5) is 5.82 Å². The van der Waals surface area contributed by atoms with Gasteiger partial charge in [-0.1, -0.05) is 0 Å². The number of rotatable bonds is 3. The van der Waals surface area contributed by atoms with Crippen molar-refractivity contribution in [1.82, 2.24) is 15.3 Å². The van der Waals surface area contributed by atoms with Crippen molar-refractivity contribution < 1.29 is 0 Å². The van der Waals surface area contributed by atoms with Crippen molar-refractivity contribution in [3.63, 3.8) is 0 Å². The van der Waals surface area contributed by atoms with Crippen LogP contribution in [0.1, 0.15) is 19.8 Å². The molecule has 1 aromatic heterocycles. The molecule has 4 nitrogen and oxygen atoms in total. The number of hydrogen-bond donors (Lipinski definition) is 2. The van der Waals surface area contributed by atoms with Crippen LogP contribution in [-0.4, -0.2) is 29.1 Å². The van der Waals surface area contributed by atoms with Gasteiger partial charge in [0.15, 0.2) is 0 Å². The molecule has 1 aromatic rings. The molecule has 2 rings (SSSR count). The van der Waals surface area contributed by atoms with E-state index in [2.05, 4.69) is 50.1 Å². The summed E-state index contributed by atoms with van der Waals surface area (Å²) < 4.78 is 1.08. The summed E-state index contributed by atoms with van der Waals surface area (Å²) in [5.74, 6) is 1.65. The Morgan fingerprint density at radius 2 is 2.50 bits per heavy atom. The molecular weight excluding hydrogens is 315 g/mol. The Hall–Kier alpha value is -0.430. The van der Waals surface area contributed by atoms with Crippen molar-refractivity contribution in [2.75, 3.05) is 18.4 Å². The summed E-state index contributed by atoms with van der Waals surface area (Å²) in [5, 5.41) is 6.92. The summed E-state index contributed by atoms with van der Waals surface area (Å²) in [4.78, 5) is 8.26. The van der Waals surface area contributed by atoms with Crippen LogP contribution in [0.15, 0.2) is 12.5 Å². The summed E-state index contributed by atoms with van der Waals surface area (Å²) in [6, 6.07) is 0.455. The van der Waals surface area contributed by atoms with Gasteiger partial charge in [0.25, 0.3) is 0 Å². The third kappa shape index (κ3) is 3.04. The fourth-order valence-corrected chi connectivity index (χ4v) is 2.51. The highest BCUT2D eigenvalue weighted by atomic mass is 127. The first-order valence-corrected chi connectivity index (χ1v) is 6.78. The van der Waals surface area contributed by atoms with E-state index < -0.39 is 0 Å². The zero-order valence-electron chi connectivity index (χ0n) is 9.41. The molecule has 0 bridgehead atoms. The van der Waals surface area contributed by atoms with E-state index in [1.165, 1.54) is 12.8 Å². The minimum absolute atomic E-state index is 0.455. The van der Waals surface area contributed by atoms with Crippen LogP contribution in [0.5, 0.6) is 0 Å². The summed E-state index contributed by atoms with van der Waals surface area (Å²) in [5.41, 5.74) is 0. The number of nitrogens with one attached hydrogen (secondary N) is 2. The number of halogens is 1. The van der Waals surface area contributed by atoms with Gasteiger partial charge in [-0.2, -0.15) is 0 Å². The first kappa shape index (κ1) is 12.0. The summed E-state index contributed by atoms with van der Waals surface area (Å²) in [6.07, 6.45) is 6.00. The van der Waals surface area contributed by atoms with Crippen molar-refractivity contribution in [2.45, 2.75) is 25.8 Å². The molecule has 2 unspecified atom stereocenters. The second-order valence-corrected chi connectivity index (χ2v) is 5.42. The third-order valence-corrected chi connectivity index (χ3v) is 3.86. The molecule has 0 aliphatic carbocycles. The average Bonchev–Trinajstić information content (AvgIpc) is 2.33. The third-order valence-electron chi connectivity index (χ3n) is 3.07. The van der Waals surface area contributed by atoms with E-state index in [1.54, 1.807) is 6.33 Å². The van der Waals surface area contributed by atoms with Gasteiger partial charge in [0.1, 0.15) is 12.1 Å². The molecular formula is C11H17IN4. The predicted molar refractivity (Wildman–Crippen MR) is 73.4 cm³/mol. The van der Waals surface area contributed by atoms with E-state index >= 15 is 0 Å². The Bertz CT molecular complexity index is 339. The maximum atomic E-state index is 4.26. The van der Waals surface area contributed by atoms with Gasteiger partial charge in [0, 0.05) is 12.2 Å². The van der Waals surface area contributed by atoms with Gasteiger partial charge in [-0.25, -0.2) is 9.97 Å². The summed E-state index contributed by atoms with van der Waals surface area (Å²) >= 11 is 2.26. The monoisotopic (exact) mass is 332 g/mol. The van der Waals surface area contributed by atoms with E-state index in [1.807, 2.05) is 6.20 Å². The Morgan fingerprint density at radius 1 is 1.62 bits per heavy atom. The number of aromatic nitrogens is 2. The topological polar surface area (TPSA) is 49.8 Å². The van der Waals surface area contributed by atoms with Gasteiger partial charge < -0.3 is 10.6 Å². The van der Waals surface area contributed by atoms with E-state index in [0.717, 1.165) is 22.5 Å². The lowest BCUT2D eigenvalue weighted by Gasteiger charge is -2.29. The second kappa shape index (κ2) is 5.77. The van der Waals surface area contributed by atoms with Crippen LogP contribution >= 0.6 is 22.6 Å². The van der Waals surface area contributed by atoms with Gasteiger partial charge in [0.2, 0.25) is 0 Å². The van der Waals surface area contributed by atoms with Crippen molar-refractivity contribution in [1.29, 1.82) is 0 Å². The molecule has 2 heterocycles. The smallest absolute Gasteiger partial charge is 0.143 e. The standard InChI is InChI=1S/C11H17IN4/c1-8(9-3-2-4-13-5-9)16-11-10(12)6-14-7-15-11/h6-9,13H,2-5H2,1H3,(H,14,15,16).